The number of carbonyl (C=O) groups is 2. The maximum atomic E-state index is 12.8. The van der Waals surface area contributed by atoms with Gasteiger partial charge in [0.25, 0.3) is 5.91 Å². The lowest BCUT2D eigenvalue weighted by Crippen LogP contribution is -2.45. The maximum Gasteiger partial charge on any atom is 0.269 e. The molecule has 0 bridgehead atoms. The molecule has 2 aliphatic rings. The summed E-state index contributed by atoms with van der Waals surface area (Å²) in [5.74, 6) is 1.71. The average Bonchev–Trinajstić information content (AvgIpc) is 3.48. The van der Waals surface area contributed by atoms with Crippen LogP contribution in [0.5, 0.6) is 5.75 Å². The predicted octanol–water partition coefficient (Wildman–Crippen LogP) is 9.12. The molecule has 0 fully saturated rings. The molecule has 3 rings (SSSR count). The molecule has 0 aromatic heterocycles. The van der Waals surface area contributed by atoms with Gasteiger partial charge in [-0.3, -0.25) is 9.59 Å². The standard InChI is InChI=1S/C36H51Br4N3O6/c1-24(2)14-11-9-7-5-4-6-8-10-12-15-30(44)41-18-16-25-20-26(37)32(27(38)21-25)48-19-13-17-42-35(46)29-23-36(49-43-29)22-28(39)33(47-3)31(40)34(36)45/h20-22,24,34,45H,4-19,23H2,1-3H3,(H,41,44)(H,42,46)/t34-,36+/m0/s1. The van der Waals surface area contributed by atoms with Crippen LogP contribution in [0.25, 0.3) is 0 Å². The van der Waals surface area contributed by atoms with Crippen LogP contribution in [0.15, 0.2) is 47.0 Å². The fourth-order valence-electron chi connectivity index (χ4n) is 5.77. The van der Waals surface area contributed by atoms with Gasteiger partial charge in [-0.1, -0.05) is 76.8 Å². The summed E-state index contributed by atoms with van der Waals surface area (Å²) in [5, 5.41) is 20.6. The highest BCUT2D eigenvalue weighted by Gasteiger charge is 2.50. The lowest BCUT2D eigenvalue weighted by molar-refractivity contribution is -0.121. The van der Waals surface area contributed by atoms with Gasteiger partial charge in [-0.15, -0.1) is 0 Å². The molecule has 3 N–H and O–H groups in total. The number of rotatable bonds is 22. The van der Waals surface area contributed by atoms with E-state index in [9.17, 15) is 14.7 Å². The number of aliphatic hydroxyl groups is 1. The first kappa shape index (κ1) is 42.0. The molecule has 0 radical (unpaired) electrons. The van der Waals surface area contributed by atoms with Gasteiger partial charge in [0.15, 0.2) is 5.60 Å². The number of amides is 2. The van der Waals surface area contributed by atoms with E-state index < -0.39 is 11.7 Å². The predicted molar refractivity (Wildman–Crippen MR) is 209 cm³/mol. The zero-order chi connectivity index (χ0) is 35.8. The minimum Gasteiger partial charge on any atom is -0.495 e. The van der Waals surface area contributed by atoms with Crippen molar-refractivity contribution in [1.82, 2.24) is 10.6 Å². The van der Waals surface area contributed by atoms with Crippen molar-refractivity contribution < 1.29 is 29.0 Å². The number of hydrogen-bond acceptors (Lipinski definition) is 7. The summed E-state index contributed by atoms with van der Waals surface area (Å²) in [6, 6.07) is 4.00. The second kappa shape index (κ2) is 21.8. The van der Waals surface area contributed by atoms with Crippen molar-refractivity contribution in [2.24, 2.45) is 11.1 Å². The number of benzene rings is 1. The van der Waals surface area contributed by atoms with Crippen molar-refractivity contribution in [1.29, 1.82) is 0 Å². The van der Waals surface area contributed by atoms with Crippen LogP contribution in [0.1, 0.15) is 103 Å². The number of carbonyl (C=O) groups excluding carboxylic acids is 2. The second-order valence-electron chi connectivity index (χ2n) is 13.1. The van der Waals surface area contributed by atoms with E-state index in [2.05, 4.69) is 93.4 Å². The molecule has 2 amide bonds. The van der Waals surface area contributed by atoms with Gasteiger partial charge in [0.1, 0.15) is 23.3 Å². The zero-order valence-electron chi connectivity index (χ0n) is 28.9. The van der Waals surface area contributed by atoms with Gasteiger partial charge in [0, 0.05) is 25.9 Å². The Bertz CT molecular complexity index is 1330. The molecule has 0 saturated heterocycles. The molecular formula is C36H51Br4N3O6. The van der Waals surface area contributed by atoms with Crippen molar-refractivity contribution in [2.45, 2.75) is 115 Å². The van der Waals surface area contributed by atoms with Crippen LogP contribution in [-0.2, 0) is 25.6 Å². The Morgan fingerprint density at radius 3 is 2.22 bits per heavy atom. The summed E-state index contributed by atoms with van der Waals surface area (Å²) in [4.78, 5) is 30.6. The van der Waals surface area contributed by atoms with E-state index in [1.807, 2.05) is 12.1 Å². The number of nitrogens with one attached hydrogen (secondary N) is 2. The number of unbranched alkanes of at least 4 members (excludes halogenated alkanes) is 8. The normalized spacial score (nSPS) is 18.8. The largest absolute Gasteiger partial charge is 0.495 e. The Hall–Kier alpha value is -1.41. The fraction of sp³-hybridized carbons (Fsp3) is 0.639. The van der Waals surface area contributed by atoms with Gasteiger partial charge < -0.3 is 30.1 Å². The molecule has 1 spiro atoms. The highest BCUT2D eigenvalue weighted by atomic mass is 79.9. The minimum absolute atomic E-state index is 0.104. The molecule has 49 heavy (non-hydrogen) atoms. The van der Waals surface area contributed by atoms with Crippen LogP contribution in [0.3, 0.4) is 0 Å². The SMILES string of the molecule is COC1=C(Br)[C@H](O)[C@@]2(C=C1Br)CC(C(=O)NCCCOc1c(Br)cc(CCNC(=O)CCCCCCCCCCCC(C)C)cc1Br)=NO2. The van der Waals surface area contributed by atoms with Gasteiger partial charge >= 0.3 is 0 Å². The van der Waals surface area contributed by atoms with Crippen molar-refractivity contribution in [3.05, 3.63) is 47.4 Å². The summed E-state index contributed by atoms with van der Waals surface area (Å²) >= 11 is 14.0. The summed E-state index contributed by atoms with van der Waals surface area (Å²) in [7, 11) is 1.50. The van der Waals surface area contributed by atoms with Crippen LogP contribution in [-0.4, -0.2) is 61.1 Å². The second-order valence-corrected chi connectivity index (χ2v) is 16.5. The first-order valence-corrected chi connectivity index (χ1v) is 20.6. The summed E-state index contributed by atoms with van der Waals surface area (Å²) in [6.45, 7) is 5.92. The number of methoxy groups -OCH3 is 1. The molecule has 0 unspecified atom stereocenters. The monoisotopic (exact) mass is 937 g/mol. The van der Waals surface area contributed by atoms with Crippen LogP contribution >= 0.6 is 63.7 Å². The quantitative estimate of drug-likeness (QED) is 0.1000. The molecule has 0 saturated carbocycles. The van der Waals surface area contributed by atoms with Crippen LogP contribution in [0, 0.1) is 5.92 Å². The van der Waals surface area contributed by atoms with Crippen LogP contribution in [0.4, 0.5) is 0 Å². The molecule has 9 nitrogen and oxygen atoms in total. The van der Waals surface area contributed by atoms with Gasteiger partial charge in [-0.05, 0) is 113 Å². The Morgan fingerprint density at radius 1 is 0.959 bits per heavy atom. The van der Waals surface area contributed by atoms with Crippen LogP contribution in [0.2, 0.25) is 0 Å². The molecule has 1 aliphatic carbocycles. The van der Waals surface area contributed by atoms with Gasteiger partial charge in [-0.25, -0.2) is 0 Å². The van der Waals surface area contributed by atoms with E-state index in [1.165, 1.54) is 58.5 Å². The van der Waals surface area contributed by atoms with Crippen molar-refractivity contribution in [3.8, 4) is 5.75 Å². The third-order valence-electron chi connectivity index (χ3n) is 8.58. The minimum atomic E-state index is -1.20. The molecule has 13 heteroatoms. The number of hydrogen-bond donors (Lipinski definition) is 3. The Kier molecular flexibility index (Phi) is 18.7. The molecule has 274 valence electrons. The smallest absolute Gasteiger partial charge is 0.269 e. The molecule has 1 aromatic rings. The van der Waals surface area contributed by atoms with Crippen molar-refractivity contribution >= 4 is 81.2 Å². The van der Waals surface area contributed by atoms with E-state index >= 15 is 0 Å². The van der Waals surface area contributed by atoms with E-state index in [-0.39, 0.29) is 23.9 Å². The third-order valence-corrected chi connectivity index (χ3v) is 11.1. The zero-order valence-corrected chi connectivity index (χ0v) is 35.2. The number of nitrogens with zero attached hydrogens (tertiary/aromatic N) is 1. The Labute approximate surface area is 325 Å². The molecule has 1 aliphatic heterocycles. The topological polar surface area (TPSA) is 118 Å². The highest BCUT2D eigenvalue weighted by Crippen LogP contribution is 2.44. The number of aliphatic hydroxyl groups excluding tert-OH is 1. The highest BCUT2D eigenvalue weighted by molar-refractivity contribution is 9.12. The average molecular weight is 941 g/mol. The maximum absolute atomic E-state index is 12.8. The Balaban J connectivity index is 1.26. The van der Waals surface area contributed by atoms with Crippen molar-refractivity contribution in [2.75, 3.05) is 26.8 Å². The van der Waals surface area contributed by atoms with E-state index in [0.717, 1.165) is 33.3 Å². The van der Waals surface area contributed by atoms with Crippen molar-refractivity contribution in [3.63, 3.8) is 0 Å². The van der Waals surface area contributed by atoms with E-state index in [0.29, 0.717) is 59.4 Å². The van der Waals surface area contributed by atoms with E-state index in [4.69, 9.17) is 14.3 Å². The first-order valence-electron chi connectivity index (χ1n) is 17.4. The number of halogens is 4. The summed E-state index contributed by atoms with van der Waals surface area (Å²) in [5.41, 5.74) is 0.0714. The molecule has 2 atom stereocenters. The van der Waals surface area contributed by atoms with Gasteiger partial charge in [0.2, 0.25) is 5.91 Å². The number of ether oxygens (including phenoxy) is 2. The van der Waals surface area contributed by atoms with Gasteiger partial charge in [-0.2, -0.15) is 0 Å². The number of allylic oxidation sites excluding steroid dienone is 1. The lowest BCUT2D eigenvalue weighted by atomic mass is 9.87. The molecule has 1 heterocycles. The number of oxime groups is 1. The molecule has 1 aromatic carbocycles. The van der Waals surface area contributed by atoms with Crippen LogP contribution < -0.4 is 15.4 Å². The first-order chi connectivity index (χ1) is 23.5. The lowest BCUT2D eigenvalue weighted by Gasteiger charge is -2.33. The van der Waals surface area contributed by atoms with Gasteiger partial charge in [0.05, 0.1) is 31.6 Å². The fourth-order valence-corrected chi connectivity index (χ4v) is 9.08. The molecular weight excluding hydrogens is 890 g/mol. The third kappa shape index (κ3) is 13.6. The Morgan fingerprint density at radius 2 is 1.59 bits per heavy atom. The summed E-state index contributed by atoms with van der Waals surface area (Å²) < 4.78 is 13.9. The van der Waals surface area contributed by atoms with E-state index in [1.54, 1.807) is 6.08 Å². The summed E-state index contributed by atoms with van der Waals surface area (Å²) in [6.07, 6.45) is 15.2.